The van der Waals surface area contributed by atoms with Gasteiger partial charge in [-0.05, 0) is 12.8 Å². The van der Waals surface area contributed by atoms with Gasteiger partial charge in [0.2, 0.25) is 0 Å². The first-order valence-electron chi connectivity index (χ1n) is 5.04. The molecule has 0 radical (unpaired) electrons. The van der Waals surface area contributed by atoms with E-state index in [9.17, 15) is 4.79 Å². The molecule has 1 aliphatic carbocycles. The SMILES string of the molecule is COC(=O)CNc1cc(Cl)nc(C2CC2)n1. The molecular formula is C10H12ClN3O2. The molecule has 1 heterocycles. The molecular weight excluding hydrogens is 230 g/mol. The zero-order valence-electron chi connectivity index (χ0n) is 8.86. The number of esters is 1. The van der Waals surface area contributed by atoms with Crippen molar-refractivity contribution in [1.29, 1.82) is 0 Å². The van der Waals surface area contributed by atoms with E-state index < -0.39 is 0 Å². The van der Waals surface area contributed by atoms with Gasteiger partial charge < -0.3 is 10.1 Å². The molecule has 5 nitrogen and oxygen atoms in total. The molecule has 1 saturated carbocycles. The molecule has 6 heteroatoms. The molecule has 0 atom stereocenters. The first-order valence-corrected chi connectivity index (χ1v) is 5.42. The summed E-state index contributed by atoms with van der Waals surface area (Å²) in [5.41, 5.74) is 0. The highest BCUT2D eigenvalue weighted by Crippen LogP contribution is 2.38. The summed E-state index contributed by atoms with van der Waals surface area (Å²) in [5.74, 6) is 1.40. The molecule has 2 rings (SSSR count). The highest BCUT2D eigenvalue weighted by molar-refractivity contribution is 6.29. The minimum absolute atomic E-state index is 0.0773. The number of nitrogens with zero attached hydrogens (tertiary/aromatic N) is 2. The van der Waals surface area contributed by atoms with Crippen LogP contribution in [-0.2, 0) is 9.53 Å². The van der Waals surface area contributed by atoms with E-state index in [-0.39, 0.29) is 12.5 Å². The summed E-state index contributed by atoms with van der Waals surface area (Å²) in [6, 6.07) is 1.59. The number of carbonyl (C=O) groups is 1. The molecule has 1 fully saturated rings. The highest BCUT2D eigenvalue weighted by Gasteiger charge is 2.27. The maximum Gasteiger partial charge on any atom is 0.325 e. The second-order valence-corrected chi connectivity index (χ2v) is 4.03. The summed E-state index contributed by atoms with van der Waals surface area (Å²) in [6.45, 7) is 0.0773. The molecule has 86 valence electrons. The van der Waals surface area contributed by atoms with Crippen molar-refractivity contribution >= 4 is 23.4 Å². The third kappa shape index (κ3) is 2.82. The summed E-state index contributed by atoms with van der Waals surface area (Å²) < 4.78 is 4.51. The van der Waals surface area contributed by atoms with Gasteiger partial charge in [0.15, 0.2) is 0 Å². The number of nitrogens with one attached hydrogen (secondary N) is 1. The van der Waals surface area contributed by atoms with Crippen LogP contribution >= 0.6 is 11.6 Å². The summed E-state index contributed by atoms with van der Waals surface area (Å²) in [5, 5.41) is 3.24. The predicted octanol–water partition coefficient (Wildman–Crippen LogP) is 1.59. The van der Waals surface area contributed by atoms with Crippen LogP contribution in [0.1, 0.15) is 24.6 Å². The first-order chi connectivity index (χ1) is 7.69. The fourth-order valence-electron chi connectivity index (χ4n) is 1.28. The smallest absolute Gasteiger partial charge is 0.325 e. The van der Waals surface area contributed by atoms with Gasteiger partial charge in [0.25, 0.3) is 0 Å². The van der Waals surface area contributed by atoms with Gasteiger partial charge in [0.1, 0.15) is 23.3 Å². The fourth-order valence-corrected chi connectivity index (χ4v) is 1.47. The molecule has 0 aliphatic heterocycles. The van der Waals surface area contributed by atoms with E-state index in [1.165, 1.54) is 7.11 Å². The van der Waals surface area contributed by atoms with E-state index in [1.807, 2.05) is 0 Å². The van der Waals surface area contributed by atoms with Gasteiger partial charge in [0.05, 0.1) is 7.11 Å². The Labute approximate surface area is 98.2 Å². The number of ether oxygens (including phenoxy) is 1. The quantitative estimate of drug-likeness (QED) is 0.641. The van der Waals surface area contributed by atoms with Crippen molar-refractivity contribution in [3.63, 3.8) is 0 Å². The van der Waals surface area contributed by atoms with E-state index in [4.69, 9.17) is 11.6 Å². The molecule has 1 aliphatic rings. The van der Waals surface area contributed by atoms with Crippen molar-refractivity contribution in [2.75, 3.05) is 19.0 Å². The first kappa shape index (κ1) is 11.1. The largest absolute Gasteiger partial charge is 0.468 e. The maximum absolute atomic E-state index is 10.9. The molecule has 0 saturated heterocycles. The van der Waals surface area contributed by atoms with Crippen molar-refractivity contribution < 1.29 is 9.53 Å². The van der Waals surface area contributed by atoms with Crippen LogP contribution in [-0.4, -0.2) is 29.6 Å². The lowest BCUT2D eigenvalue weighted by Gasteiger charge is -2.06. The Hall–Kier alpha value is -1.36. The number of rotatable bonds is 4. The Balaban J connectivity index is 2.05. The van der Waals surface area contributed by atoms with Crippen LogP contribution in [0.3, 0.4) is 0 Å². The number of hydrogen-bond acceptors (Lipinski definition) is 5. The van der Waals surface area contributed by atoms with Crippen molar-refractivity contribution in [3.05, 3.63) is 17.0 Å². The normalized spacial score (nSPS) is 14.6. The topological polar surface area (TPSA) is 64.1 Å². The van der Waals surface area contributed by atoms with E-state index >= 15 is 0 Å². The van der Waals surface area contributed by atoms with E-state index in [1.54, 1.807) is 6.07 Å². The van der Waals surface area contributed by atoms with Crippen LogP contribution in [0.25, 0.3) is 0 Å². The minimum atomic E-state index is -0.345. The summed E-state index contributed by atoms with van der Waals surface area (Å²) in [7, 11) is 1.34. The van der Waals surface area contributed by atoms with Crippen molar-refractivity contribution in [2.45, 2.75) is 18.8 Å². The molecule has 0 amide bonds. The Morgan fingerprint density at radius 2 is 2.38 bits per heavy atom. The molecule has 16 heavy (non-hydrogen) atoms. The van der Waals surface area contributed by atoms with Crippen molar-refractivity contribution in [2.24, 2.45) is 0 Å². The molecule has 0 spiro atoms. The molecule has 1 N–H and O–H groups in total. The lowest BCUT2D eigenvalue weighted by Crippen LogP contribution is -2.16. The predicted molar refractivity (Wildman–Crippen MR) is 59.5 cm³/mol. The van der Waals surface area contributed by atoms with Crippen LogP contribution in [0.2, 0.25) is 5.15 Å². The number of methoxy groups -OCH3 is 1. The van der Waals surface area contributed by atoms with Gasteiger partial charge in [-0.25, -0.2) is 9.97 Å². The second kappa shape index (κ2) is 4.65. The summed E-state index contributed by atoms with van der Waals surface area (Å²) in [6.07, 6.45) is 2.22. The van der Waals surface area contributed by atoms with Crippen molar-refractivity contribution in [1.82, 2.24) is 9.97 Å². The van der Waals surface area contributed by atoms with Crippen LogP contribution in [0, 0.1) is 0 Å². The molecule has 0 unspecified atom stereocenters. The molecule has 1 aromatic heterocycles. The van der Waals surface area contributed by atoms with Gasteiger partial charge in [-0.15, -0.1) is 0 Å². The number of hydrogen-bond donors (Lipinski definition) is 1. The van der Waals surface area contributed by atoms with E-state index in [0.29, 0.717) is 16.9 Å². The Kier molecular flexibility index (Phi) is 3.24. The zero-order chi connectivity index (χ0) is 11.5. The Morgan fingerprint density at radius 1 is 1.62 bits per heavy atom. The van der Waals surface area contributed by atoms with Gasteiger partial charge >= 0.3 is 5.97 Å². The molecule has 1 aromatic rings. The molecule has 0 aromatic carbocycles. The standard InChI is InChI=1S/C10H12ClN3O2/c1-16-9(15)5-12-8-4-7(11)13-10(14-8)6-2-3-6/h4,6H,2-3,5H2,1H3,(H,12,13,14). The third-order valence-corrected chi connectivity index (χ3v) is 2.49. The average Bonchev–Trinajstić information content (AvgIpc) is 3.09. The van der Waals surface area contributed by atoms with Crippen molar-refractivity contribution in [3.8, 4) is 0 Å². The number of halogens is 1. The second-order valence-electron chi connectivity index (χ2n) is 3.64. The van der Waals surface area contributed by atoms with Crippen LogP contribution < -0.4 is 5.32 Å². The van der Waals surface area contributed by atoms with Crippen LogP contribution in [0.5, 0.6) is 0 Å². The lowest BCUT2D eigenvalue weighted by molar-refractivity contribution is -0.138. The van der Waals surface area contributed by atoms with Crippen LogP contribution in [0.15, 0.2) is 6.07 Å². The summed E-state index contributed by atoms with van der Waals surface area (Å²) >= 11 is 5.86. The number of aromatic nitrogens is 2. The monoisotopic (exact) mass is 241 g/mol. The Morgan fingerprint density at radius 3 is 3.00 bits per heavy atom. The Bertz CT molecular complexity index is 407. The average molecular weight is 242 g/mol. The summed E-state index contributed by atoms with van der Waals surface area (Å²) in [4.78, 5) is 19.4. The van der Waals surface area contributed by atoms with Gasteiger partial charge in [-0.3, -0.25) is 4.79 Å². The van der Waals surface area contributed by atoms with E-state index in [2.05, 4.69) is 20.0 Å². The van der Waals surface area contributed by atoms with Crippen LogP contribution in [0.4, 0.5) is 5.82 Å². The van der Waals surface area contributed by atoms with Gasteiger partial charge in [-0.1, -0.05) is 11.6 Å². The lowest BCUT2D eigenvalue weighted by atomic mass is 10.4. The van der Waals surface area contributed by atoms with E-state index in [0.717, 1.165) is 18.7 Å². The third-order valence-electron chi connectivity index (χ3n) is 2.30. The molecule has 0 bridgehead atoms. The van der Waals surface area contributed by atoms with Gasteiger partial charge in [-0.2, -0.15) is 0 Å². The highest BCUT2D eigenvalue weighted by atomic mass is 35.5. The number of anilines is 1. The maximum atomic E-state index is 10.9. The zero-order valence-corrected chi connectivity index (χ0v) is 9.62. The van der Waals surface area contributed by atoms with Gasteiger partial charge in [0, 0.05) is 12.0 Å². The minimum Gasteiger partial charge on any atom is -0.468 e. The fraction of sp³-hybridized carbons (Fsp3) is 0.500. The number of carbonyl (C=O) groups excluding carboxylic acids is 1.